The zero-order valence-corrected chi connectivity index (χ0v) is 12.1. The minimum atomic E-state index is -0.325. The number of benzene rings is 2. The average molecular weight is 283 g/mol. The van der Waals surface area contributed by atoms with Gasteiger partial charge in [0.2, 0.25) is 0 Å². The van der Waals surface area contributed by atoms with Crippen molar-refractivity contribution in [3.63, 3.8) is 0 Å². The number of amides is 1. The van der Waals surface area contributed by atoms with Crippen LogP contribution >= 0.6 is 0 Å². The van der Waals surface area contributed by atoms with Crippen LogP contribution in [0.25, 0.3) is 6.08 Å². The predicted octanol–water partition coefficient (Wildman–Crippen LogP) is 4.75. The van der Waals surface area contributed by atoms with Crippen LogP contribution in [0.1, 0.15) is 29.8 Å². The second kappa shape index (κ2) is 6.84. The third-order valence-corrected chi connectivity index (χ3v) is 2.95. The number of rotatable bonds is 4. The number of allylic oxidation sites excluding steroid dienone is 1. The molecule has 0 spiro atoms. The molecule has 0 radical (unpaired) electrons. The van der Waals surface area contributed by atoms with Crippen LogP contribution in [0.4, 0.5) is 10.1 Å². The van der Waals surface area contributed by atoms with Crippen LogP contribution in [0.2, 0.25) is 0 Å². The van der Waals surface area contributed by atoms with Crippen LogP contribution in [-0.2, 0) is 0 Å². The fourth-order valence-corrected chi connectivity index (χ4v) is 1.79. The van der Waals surface area contributed by atoms with Crippen LogP contribution in [0.5, 0.6) is 0 Å². The highest BCUT2D eigenvalue weighted by atomic mass is 19.1. The van der Waals surface area contributed by atoms with E-state index < -0.39 is 0 Å². The third-order valence-electron chi connectivity index (χ3n) is 2.95. The van der Waals surface area contributed by atoms with Gasteiger partial charge in [0.15, 0.2) is 0 Å². The molecule has 3 heteroatoms. The van der Waals surface area contributed by atoms with Crippen molar-refractivity contribution >= 4 is 17.7 Å². The molecule has 2 aromatic carbocycles. The van der Waals surface area contributed by atoms with E-state index in [1.165, 1.54) is 24.3 Å². The third kappa shape index (κ3) is 4.56. The molecule has 0 aliphatic carbocycles. The molecule has 2 aromatic rings. The summed E-state index contributed by atoms with van der Waals surface area (Å²) in [5, 5.41) is 2.73. The van der Waals surface area contributed by atoms with E-state index in [9.17, 15) is 9.18 Å². The molecule has 0 aliphatic heterocycles. The van der Waals surface area contributed by atoms with Gasteiger partial charge in [-0.1, -0.05) is 38.1 Å². The van der Waals surface area contributed by atoms with Gasteiger partial charge in [0.05, 0.1) is 0 Å². The molecule has 0 aromatic heterocycles. The SMILES string of the molecule is CC(C)/C=C/c1ccc(C(=O)Nc2ccc(F)cc2)cc1. The van der Waals surface area contributed by atoms with Crippen molar-refractivity contribution in [2.45, 2.75) is 13.8 Å². The fourth-order valence-electron chi connectivity index (χ4n) is 1.79. The van der Waals surface area contributed by atoms with E-state index >= 15 is 0 Å². The maximum Gasteiger partial charge on any atom is 0.255 e. The Morgan fingerprint density at radius 1 is 1.05 bits per heavy atom. The number of hydrogen-bond acceptors (Lipinski definition) is 1. The van der Waals surface area contributed by atoms with Gasteiger partial charge in [-0.2, -0.15) is 0 Å². The van der Waals surface area contributed by atoms with Crippen molar-refractivity contribution in [1.29, 1.82) is 0 Å². The quantitative estimate of drug-likeness (QED) is 0.862. The lowest BCUT2D eigenvalue weighted by Gasteiger charge is -2.05. The van der Waals surface area contributed by atoms with E-state index in [1.807, 2.05) is 18.2 Å². The molecule has 0 saturated carbocycles. The molecule has 21 heavy (non-hydrogen) atoms. The Kier molecular flexibility index (Phi) is 4.88. The Hall–Kier alpha value is -2.42. The Labute approximate surface area is 124 Å². The van der Waals surface area contributed by atoms with Crippen molar-refractivity contribution in [2.24, 2.45) is 5.92 Å². The second-order valence-electron chi connectivity index (χ2n) is 5.19. The highest BCUT2D eigenvalue weighted by Crippen LogP contribution is 2.12. The summed E-state index contributed by atoms with van der Waals surface area (Å²) >= 11 is 0. The fraction of sp³-hybridized carbons (Fsp3) is 0.167. The molecule has 108 valence electrons. The van der Waals surface area contributed by atoms with E-state index in [2.05, 4.69) is 25.2 Å². The first-order valence-corrected chi connectivity index (χ1v) is 6.90. The Bertz CT molecular complexity index is 627. The number of hydrogen-bond donors (Lipinski definition) is 1. The van der Waals surface area contributed by atoms with Crippen molar-refractivity contribution < 1.29 is 9.18 Å². The normalized spacial score (nSPS) is 11.0. The van der Waals surface area contributed by atoms with E-state index in [0.717, 1.165) is 5.56 Å². The van der Waals surface area contributed by atoms with Crippen molar-refractivity contribution in [3.8, 4) is 0 Å². The Morgan fingerprint density at radius 3 is 2.24 bits per heavy atom. The standard InChI is InChI=1S/C18H18FNO/c1-13(2)3-4-14-5-7-15(8-6-14)18(21)20-17-11-9-16(19)10-12-17/h3-13H,1-2H3,(H,20,21)/b4-3+. The van der Waals surface area contributed by atoms with Gasteiger partial charge in [0.1, 0.15) is 5.82 Å². The smallest absolute Gasteiger partial charge is 0.255 e. The first kappa shape index (κ1) is 15.0. The zero-order chi connectivity index (χ0) is 15.2. The molecule has 0 heterocycles. The van der Waals surface area contributed by atoms with Gasteiger partial charge in [-0.25, -0.2) is 4.39 Å². The molecular formula is C18H18FNO. The van der Waals surface area contributed by atoms with Crippen LogP contribution in [0.15, 0.2) is 54.6 Å². The highest BCUT2D eigenvalue weighted by molar-refractivity contribution is 6.04. The molecule has 0 bridgehead atoms. The van der Waals surface area contributed by atoms with Gasteiger partial charge in [0.25, 0.3) is 5.91 Å². The van der Waals surface area contributed by atoms with E-state index in [1.54, 1.807) is 12.1 Å². The zero-order valence-electron chi connectivity index (χ0n) is 12.1. The van der Waals surface area contributed by atoms with E-state index in [0.29, 0.717) is 17.2 Å². The maximum absolute atomic E-state index is 12.8. The molecule has 0 aliphatic rings. The number of anilines is 1. The van der Waals surface area contributed by atoms with Gasteiger partial charge in [-0.15, -0.1) is 0 Å². The van der Waals surface area contributed by atoms with E-state index in [4.69, 9.17) is 0 Å². The summed E-state index contributed by atoms with van der Waals surface area (Å²) in [5.74, 6) is -0.0401. The summed E-state index contributed by atoms with van der Waals surface area (Å²) in [4.78, 5) is 12.1. The number of nitrogens with one attached hydrogen (secondary N) is 1. The highest BCUT2D eigenvalue weighted by Gasteiger charge is 2.05. The summed E-state index contributed by atoms with van der Waals surface area (Å²) in [6.45, 7) is 4.22. The topological polar surface area (TPSA) is 29.1 Å². The van der Waals surface area contributed by atoms with Gasteiger partial charge in [-0.05, 0) is 47.9 Å². The van der Waals surface area contributed by atoms with Crippen LogP contribution in [0, 0.1) is 11.7 Å². The molecule has 0 unspecified atom stereocenters. The number of carbonyl (C=O) groups excluding carboxylic acids is 1. The summed E-state index contributed by atoms with van der Waals surface area (Å²) in [6.07, 6.45) is 4.14. The van der Waals surface area contributed by atoms with Crippen molar-refractivity contribution in [2.75, 3.05) is 5.32 Å². The maximum atomic E-state index is 12.8. The summed E-state index contributed by atoms with van der Waals surface area (Å²) in [5.41, 5.74) is 2.20. The average Bonchev–Trinajstić information content (AvgIpc) is 2.48. The molecular weight excluding hydrogens is 265 g/mol. The number of carbonyl (C=O) groups is 1. The molecule has 2 rings (SSSR count). The summed E-state index contributed by atoms with van der Waals surface area (Å²) in [6, 6.07) is 13.1. The minimum absolute atomic E-state index is 0.207. The van der Waals surface area contributed by atoms with Crippen molar-refractivity contribution in [1.82, 2.24) is 0 Å². The van der Waals surface area contributed by atoms with Gasteiger partial charge in [-0.3, -0.25) is 4.79 Å². The first-order valence-electron chi connectivity index (χ1n) is 6.90. The molecule has 1 N–H and O–H groups in total. The lowest BCUT2D eigenvalue weighted by atomic mass is 10.1. The van der Waals surface area contributed by atoms with Gasteiger partial charge >= 0.3 is 0 Å². The van der Waals surface area contributed by atoms with Crippen LogP contribution < -0.4 is 5.32 Å². The monoisotopic (exact) mass is 283 g/mol. The van der Waals surface area contributed by atoms with Crippen molar-refractivity contribution in [3.05, 3.63) is 71.6 Å². The molecule has 2 nitrogen and oxygen atoms in total. The molecule has 0 saturated heterocycles. The Morgan fingerprint density at radius 2 is 1.67 bits per heavy atom. The summed E-state index contributed by atoms with van der Waals surface area (Å²) in [7, 11) is 0. The summed E-state index contributed by atoms with van der Waals surface area (Å²) < 4.78 is 12.8. The van der Waals surface area contributed by atoms with Crippen LogP contribution in [0.3, 0.4) is 0 Å². The Balaban J connectivity index is 2.04. The first-order chi connectivity index (χ1) is 10.0. The second-order valence-corrected chi connectivity index (χ2v) is 5.19. The van der Waals surface area contributed by atoms with E-state index in [-0.39, 0.29) is 11.7 Å². The molecule has 1 amide bonds. The molecule has 0 fully saturated rings. The van der Waals surface area contributed by atoms with Gasteiger partial charge < -0.3 is 5.32 Å². The lowest BCUT2D eigenvalue weighted by molar-refractivity contribution is 0.102. The minimum Gasteiger partial charge on any atom is -0.322 e. The van der Waals surface area contributed by atoms with Gasteiger partial charge in [0, 0.05) is 11.3 Å². The number of halogens is 1. The van der Waals surface area contributed by atoms with Crippen LogP contribution in [-0.4, -0.2) is 5.91 Å². The predicted molar refractivity (Wildman–Crippen MR) is 84.7 cm³/mol. The largest absolute Gasteiger partial charge is 0.322 e. The lowest BCUT2D eigenvalue weighted by Crippen LogP contribution is -2.11. The molecule has 0 atom stereocenters.